The Morgan fingerprint density at radius 2 is 1.59 bits per heavy atom. The normalized spacial score (nSPS) is 15.8. The number of nitrogens with zero attached hydrogens (tertiary/aromatic N) is 2. The molecule has 4 nitrogen and oxygen atoms in total. The van der Waals surface area contributed by atoms with Crippen LogP contribution in [0.1, 0.15) is 28.2 Å². The average molecular weight is 499 g/mol. The SMILES string of the molecule is Cc1ccc([C@H]2C(/C=c3\sc4nc5ccccc5n4c3=O)=C(c3ccccc3)Oc3ccccc32)cc1. The molecular weight excluding hydrogens is 476 g/mol. The summed E-state index contributed by atoms with van der Waals surface area (Å²) in [6, 6.07) is 34.7. The number of allylic oxidation sites excluding steroid dienone is 1. The zero-order chi connectivity index (χ0) is 24.9. The maximum Gasteiger partial charge on any atom is 0.274 e. The smallest absolute Gasteiger partial charge is 0.274 e. The van der Waals surface area contributed by atoms with E-state index >= 15 is 0 Å². The number of ether oxygens (including phenoxy) is 1. The van der Waals surface area contributed by atoms with Crippen LogP contribution in [0.25, 0.3) is 27.8 Å². The Morgan fingerprint density at radius 3 is 2.43 bits per heavy atom. The van der Waals surface area contributed by atoms with Crippen LogP contribution in [-0.4, -0.2) is 9.38 Å². The van der Waals surface area contributed by atoms with Gasteiger partial charge in [-0.3, -0.25) is 4.79 Å². The molecule has 0 aliphatic carbocycles. The Balaban J connectivity index is 1.54. The first-order chi connectivity index (χ1) is 18.2. The Morgan fingerprint density at radius 1 is 0.865 bits per heavy atom. The molecule has 0 bridgehead atoms. The lowest BCUT2D eigenvalue weighted by Crippen LogP contribution is -2.24. The summed E-state index contributed by atoms with van der Waals surface area (Å²) in [5.41, 5.74) is 6.96. The lowest BCUT2D eigenvalue weighted by Gasteiger charge is -2.30. The number of thiazole rings is 1. The molecule has 4 aromatic carbocycles. The molecule has 1 atom stereocenters. The van der Waals surface area contributed by atoms with Crippen LogP contribution in [-0.2, 0) is 0 Å². The van der Waals surface area contributed by atoms with E-state index in [1.54, 1.807) is 4.40 Å². The third-order valence-electron chi connectivity index (χ3n) is 6.89. The lowest BCUT2D eigenvalue weighted by atomic mass is 9.81. The summed E-state index contributed by atoms with van der Waals surface area (Å²) in [6.07, 6.45) is 2.01. The topological polar surface area (TPSA) is 43.6 Å². The predicted molar refractivity (Wildman–Crippen MR) is 150 cm³/mol. The minimum atomic E-state index is -0.0914. The summed E-state index contributed by atoms with van der Waals surface area (Å²) in [5.74, 6) is 1.50. The standard InChI is InChI=1S/C32H22N2O2S/c1-20-15-17-21(18-16-20)29-23-11-5-8-14-27(23)36-30(22-9-3-2-4-10-22)24(29)19-28-31(35)34-26-13-7-6-12-25(26)33-32(34)37-28/h2-19,29H,1H3/b28-19-/t29-/m1/s1. The number of fused-ring (bicyclic) bond motifs is 4. The highest BCUT2D eigenvalue weighted by Gasteiger charge is 2.31. The molecule has 0 unspecified atom stereocenters. The van der Waals surface area contributed by atoms with Crippen LogP contribution in [0.5, 0.6) is 5.75 Å². The molecule has 3 heterocycles. The van der Waals surface area contributed by atoms with Gasteiger partial charge in [-0.1, -0.05) is 102 Å². The third-order valence-corrected chi connectivity index (χ3v) is 7.86. The van der Waals surface area contributed by atoms with Gasteiger partial charge in [0, 0.05) is 22.6 Å². The van der Waals surface area contributed by atoms with Crippen molar-refractivity contribution in [1.29, 1.82) is 0 Å². The van der Waals surface area contributed by atoms with E-state index in [1.807, 2.05) is 66.7 Å². The summed E-state index contributed by atoms with van der Waals surface area (Å²) in [6.45, 7) is 2.09. The first kappa shape index (κ1) is 21.8. The van der Waals surface area contributed by atoms with Crippen molar-refractivity contribution in [2.24, 2.45) is 0 Å². The molecule has 37 heavy (non-hydrogen) atoms. The van der Waals surface area contributed by atoms with Crippen molar-refractivity contribution in [3.63, 3.8) is 0 Å². The predicted octanol–water partition coefficient (Wildman–Crippen LogP) is 6.35. The quantitative estimate of drug-likeness (QED) is 0.285. The van der Waals surface area contributed by atoms with Gasteiger partial charge in [0.2, 0.25) is 0 Å². The van der Waals surface area contributed by atoms with Crippen LogP contribution in [0.15, 0.2) is 113 Å². The molecule has 0 amide bonds. The van der Waals surface area contributed by atoms with E-state index in [-0.39, 0.29) is 11.5 Å². The van der Waals surface area contributed by atoms with Crippen LogP contribution >= 0.6 is 11.3 Å². The molecule has 0 N–H and O–H groups in total. The summed E-state index contributed by atoms with van der Waals surface area (Å²) in [7, 11) is 0. The van der Waals surface area contributed by atoms with E-state index in [2.05, 4.69) is 49.4 Å². The van der Waals surface area contributed by atoms with Gasteiger partial charge in [-0.25, -0.2) is 9.38 Å². The molecule has 0 spiro atoms. The molecule has 0 fully saturated rings. The van der Waals surface area contributed by atoms with Crippen molar-refractivity contribution in [1.82, 2.24) is 9.38 Å². The fourth-order valence-electron chi connectivity index (χ4n) is 5.11. The van der Waals surface area contributed by atoms with Crippen molar-refractivity contribution < 1.29 is 4.74 Å². The molecule has 2 aromatic heterocycles. The number of hydrogen-bond donors (Lipinski definition) is 0. The summed E-state index contributed by atoms with van der Waals surface area (Å²) < 4.78 is 8.92. The van der Waals surface area contributed by atoms with Gasteiger partial charge in [-0.05, 0) is 36.8 Å². The molecule has 5 heteroatoms. The van der Waals surface area contributed by atoms with Crippen molar-refractivity contribution in [2.45, 2.75) is 12.8 Å². The Kier molecular flexibility index (Phi) is 5.05. The molecule has 0 saturated carbocycles. The summed E-state index contributed by atoms with van der Waals surface area (Å²) in [5, 5.41) is 0. The van der Waals surface area contributed by atoms with E-state index in [0.29, 0.717) is 9.49 Å². The minimum Gasteiger partial charge on any atom is -0.456 e. The molecule has 0 saturated heterocycles. The highest BCUT2D eigenvalue weighted by Crippen LogP contribution is 2.46. The second-order valence-corrected chi connectivity index (χ2v) is 10.3. The molecule has 7 rings (SSSR count). The molecule has 6 aromatic rings. The summed E-state index contributed by atoms with van der Waals surface area (Å²) >= 11 is 1.42. The zero-order valence-electron chi connectivity index (χ0n) is 20.1. The maximum atomic E-state index is 13.7. The van der Waals surface area contributed by atoms with Gasteiger partial charge in [-0.15, -0.1) is 0 Å². The van der Waals surface area contributed by atoms with Crippen molar-refractivity contribution >= 4 is 39.2 Å². The van der Waals surface area contributed by atoms with Crippen molar-refractivity contribution in [2.75, 3.05) is 0 Å². The fourth-order valence-corrected chi connectivity index (χ4v) is 6.09. The van der Waals surface area contributed by atoms with E-state index in [4.69, 9.17) is 9.72 Å². The Bertz CT molecular complexity index is 1930. The largest absolute Gasteiger partial charge is 0.456 e. The molecule has 178 valence electrons. The number of imidazole rings is 1. The first-order valence-corrected chi connectivity index (χ1v) is 13.0. The van der Waals surface area contributed by atoms with Crippen molar-refractivity contribution in [3.05, 3.63) is 146 Å². The van der Waals surface area contributed by atoms with Gasteiger partial charge in [0.1, 0.15) is 11.5 Å². The Hall–Kier alpha value is -4.48. The van der Waals surface area contributed by atoms with Gasteiger partial charge in [0.25, 0.3) is 5.56 Å². The molecule has 0 radical (unpaired) electrons. The van der Waals surface area contributed by atoms with Gasteiger partial charge in [0.15, 0.2) is 4.96 Å². The van der Waals surface area contributed by atoms with Gasteiger partial charge in [0.05, 0.1) is 15.6 Å². The van der Waals surface area contributed by atoms with E-state index in [0.717, 1.165) is 44.8 Å². The lowest BCUT2D eigenvalue weighted by molar-refractivity contribution is 0.488. The van der Waals surface area contributed by atoms with Crippen LogP contribution in [0.2, 0.25) is 0 Å². The number of rotatable bonds is 3. The van der Waals surface area contributed by atoms with Crippen LogP contribution < -0.4 is 14.8 Å². The van der Waals surface area contributed by atoms with Gasteiger partial charge < -0.3 is 4.74 Å². The second-order valence-electron chi connectivity index (χ2n) is 9.27. The first-order valence-electron chi connectivity index (χ1n) is 12.2. The highest BCUT2D eigenvalue weighted by molar-refractivity contribution is 7.15. The average Bonchev–Trinajstić information content (AvgIpc) is 3.45. The number of para-hydroxylation sites is 3. The number of benzene rings is 4. The van der Waals surface area contributed by atoms with Crippen LogP contribution in [0.4, 0.5) is 0 Å². The monoisotopic (exact) mass is 498 g/mol. The van der Waals surface area contributed by atoms with Crippen LogP contribution in [0.3, 0.4) is 0 Å². The second kappa shape index (κ2) is 8.57. The molecule has 1 aliphatic rings. The fraction of sp³-hybridized carbons (Fsp3) is 0.0625. The number of aryl methyl sites for hydroxylation is 1. The molecule has 1 aliphatic heterocycles. The summed E-state index contributed by atoms with van der Waals surface area (Å²) in [4.78, 5) is 19.1. The van der Waals surface area contributed by atoms with Crippen LogP contribution in [0, 0.1) is 6.92 Å². The highest BCUT2D eigenvalue weighted by atomic mass is 32.1. The third kappa shape index (κ3) is 3.59. The Labute approximate surface area is 217 Å². The van der Waals surface area contributed by atoms with E-state index in [9.17, 15) is 4.79 Å². The minimum absolute atomic E-state index is 0.0601. The number of aromatic nitrogens is 2. The maximum absolute atomic E-state index is 13.7. The van der Waals surface area contributed by atoms with Crippen molar-refractivity contribution in [3.8, 4) is 5.75 Å². The zero-order valence-corrected chi connectivity index (χ0v) is 20.9. The van der Waals surface area contributed by atoms with Gasteiger partial charge in [-0.2, -0.15) is 0 Å². The molecular formula is C32H22N2O2S. The van der Waals surface area contributed by atoms with E-state index in [1.165, 1.54) is 16.9 Å². The van der Waals surface area contributed by atoms with Gasteiger partial charge >= 0.3 is 0 Å². The number of hydrogen-bond acceptors (Lipinski definition) is 4. The van der Waals surface area contributed by atoms with E-state index < -0.39 is 0 Å².